The summed E-state index contributed by atoms with van der Waals surface area (Å²) in [6.07, 6.45) is 5.53. The number of carbonyl (C=O) groups is 1. The molecule has 1 nitrogen and oxygen atoms in total. The molecule has 0 atom stereocenters. The summed E-state index contributed by atoms with van der Waals surface area (Å²) in [4.78, 5) is 10.00. The van der Waals surface area contributed by atoms with Crippen LogP contribution in [0.4, 0.5) is 0 Å². The normalized spacial score (nSPS) is 20.9. The van der Waals surface area contributed by atoms with Crippen LogP contribution in [0.25, 0.3) is 0 Å². The van der Waals surface area contributed by atoms with Crippen LogP contribution in [0.1, 0.15) is 19.8 Å². The minimum atomic E-state index is 0.736. The van der Waals surface area contributed by atoms with Gasteiger partial charge < -0.3 is 0 Å². The largest absolute Gasteiger partial charge is 0.298 e. The maximum absolute atomic E-state index is 10.00. The van der Waals surface area contributed by atoms with Crippen LogP contribution in [-0.4, -0.2) is 6.29 Å². The van der Waals surface area contributed by atoms with Gasteiger partial charge in [-0.1, -0.05) is 6.08 Å². The molecule has 0 N–H and O–H groups in total. The van der Waals surface area contributed by atoms with Gasteiger partial charge in [-0.2, -0.15) is 0 Å². The van der Waals surface area contributed by atoms with Crippen LogP contribution >= 0.6 is 0 Å². The molecule has 0 aromatic rings. The Labute approximate surface area is 49.4 Å². The van der Waals surface area contributed by atoms with Crippen molar-refractivity contribution in [3.05, 3.63) is 11.6 Å². The molecule has 1 aliphatic rings. The number of allylic oxidation sites excluding steroid dienone is 2. The lowest BCUT2D eigenvalue weighted by Crippen LogP contribution is -1.75. The molecule has 1 rings (SSSR count). The topological polar surface area (TPSA) is 17.1 Å². The summed E-state index contributed by atoms with van der Waals surface area (Å²) in [5.74, 6) is 0.736. The van der Waals surface area contributed by atoms with Gasteiger partial charge in [0.25, 0.3) is 0 Å². The van der Waals surface area contributed by atoms with Crippen molar-refractivity contribution in [1.29, 1.82) is 0 Å². The SMILES string of the molecule is C/C(C=O)=C\C1CC1. The average molecular weight is 110 g/mol. The summed E-state index contributed by atoms with van der Waals surface area (Å²) in [5, 5.41) is 0. The first-order valence-electron chi connectivity index (χ1n) is 2.96. The molecule has 1 fully saturated rings. The van der Waals surface area contributed by atoms with Crippen LogP contribution in [0.3, 0.4) is 0 Å². The van der Waals surface area contributed by atoms with Crippen LogP contribution < -0.4 is 0 Å². The smallest absolute Gasteiger partial charge is 0.145 e. The van der Waals surface area contributed by atoms with Crippen molar-refractivity contribution >= 4 is 6.29 Å². The number of carbonyl (C=O) groups excluding carboxylic acids is 1. The van der Waals surface area contributed by atoms with Gasteiger partial charge in [0.15, 0.2) is 0 Å². The minimum absolute atomic E-state index is 0.736. The maximum Gasteiger partial charge on any atom is 0.145 e. The average Bonchev–Trinajstić information content (AvgIpc) is 2.50. The van der Waals surface area contributed by atoms with E-state index in [0.717, 1.165) is 17.8 Å². The summed E-state index contributed by atoms with van der Waals surface area (Å²) < 4.78 is 0. The summed E-state index contributed by atoms with van der Waals surface area (Å²) >= 11 is 0. The highest BCUT2D eigenvalue weighted by Crippen LogP contribution is 2.30. The second-order valence-corrected chi connectivity index (χ2v) is 2.37. The fourth-order valence-electron chi connectivity index (χ4n) is 0.674. The zero-order valence-corrected chi connectivity index (χ0v) is 5.05. The molecule has 0 radical (unpaired) electrons. The van der Waals surface area contributed by atoms with Crippen molar-refractivity contribution < 1.29 is 4.79 Å². The first-order chi connectivity index (χ1) is 3.83. The highest BCUT2D eigenvalue weighted by atomic mass is 16.1. The second kappa shape index (κ2) is 2.12. The Morgan fingerprint density at radius 3 is 2.62 bits per heavy atom. The molecule has 0 heterocycles. The van der Waals surface area contributed by atoms with E-state index in [2.05, 4.69) is 0 Å². The monoisotopic (exact) mass is 110 g/mol. The Balaban J connectivity index is 2.38. The van der Waals surface area contributed by atoms with Crippen LogP contribution in [0.5, 0.6) is 0 Å². The van der Waals surface area contributed by atoms with Crippen LogP contribution in [-0.2, 0) is 4.79 Å². The third kappa shape index (κ3) is 1.49. The van der Waals surface area contributed by atoms with Crippen molar-refractivity contribution in [3.63, 3.8) is 0 Å². The van der Waals surface area contributed by atoms with Gasteiger partial charge in [-0.15, -0.1) is 0 Å². The molecule has 1 aliphatic carbocycles. The number of hydrogen-bond donors (Lipinski definition) is 0. The third-order valence-electron chi connectivity index (χ3n) is 1.31. The summed E-state index contributed by atoms with van der Waals surface area (Å²) in [6.45, 7) is 1.85. The highest BCUT2D eigenvalue weighted by molar-refractivity contribution is 5.72. The molecular weight excluding hydrogens is 100 g/mol. The van der Waals surface area contributed by atoms with Crippen molar-refractivity contribution in [3.8, 4) is 0 Å². The molecule has 0 bridgehead atoms. The first-order valence-corrected chi connectivity index (χ1v) is 2.96. The van der Waals surface area contributed by atoms with Gasteiger partial charge in [-0.05, 0) is 31.3 Å². The zero-order chi connectivity index (χ0) is 5.98. The fourth-order valence-corrected chi connectivity index (χ4v) is 0.674. The molecule has 0 unspecified atom stereocenters. The molecule has 0 aliphatic heterocycles. The lowest BCUT2D eigenvalue weighted by Gasteiger charge is -1.81. The standard InChI is InChI=1S/C7H10O/c1-6(5-8)4-7-2-3-7/h4-5,7H,2-3H2,1H3/b6-4+. The molecule has 8 heavy (non-hydrogen) atoms. The fraction of sp³-hybridized carbons (Fsp3) is 0.571. The van der Waals surface area contributed by atoms with Gasteiger partial charge in [-0.3, -0.25) is 4.79 Å². The quantitative estimate of drug-likeness (QED) is 0.389. The molecule has 1 saturated carbocycles. The molecular formula is C7H10O. The van der Waals surface area contributed by atoms with E-state index in [1.54, 1.807) is 0 Å². The Bertz CT molecular complexity index is 120. The molecule has 0 aromatic heterocycles. The number of aldehydes is 1. The number of rotatable bonds is 2. The lowest BCUT2D eigenvalue weighted by molar-refractivity contribution is -0.104. The predicted octanol–water partition coefficient (Wildman–Crippen LogP) is 1.54. The van der Waals surface area contributed by atoms with E-state index in [9.17, 15) is 4.79 Å². The van der Waals surface area contributed by atoms with Crippen molar-refractivity contribution in [2.75, 3.05) is 0 Å². The van der Waals surface area contributed by atoms with Gasteiger partial charge >= 0.3 is 0 Å². The Kier molecular flexibility index (Phi) is 1.47. The number of hydrogen-bond acceptors (Lipinski definition) is 1. The summed E-state index contributed by atoms with van der Waals surface area (Å²) in [7, 11) is 0. The van der Waals surface area contributed by atoms with E-state index in [1.165, 1.54) is 12.8 Å². The van der Waals surface area contributed by atoms with Crippen molar-refractivity contribution in [1.82, 2.24) is 0 Å². The molecule has 1 heteroatoms. The molecule has 44 valence electrons. The van der Waals surface area contributed by atoms with Gasteiger partial charge in [-0.25, -0.2) is 0 Å². The second-order valence-electron chi connectivity index (χ2n) is 2.37. The Hall–Kier alpha value is -0.590. The highest BCUT2D eigenvalue weighted by Gasteiger charge is 2.17. The zero-order valence-electron chi connectivity index (χ0n) is 5.05. The van der Waals surface area contributed by atoms with Crippen LogP contribution in [0, 0.1) is 5.92 Å². The van der Waals surface area contributed by atoms with Gasteiger partial charge in [0.1, 0.15) is 6.29 Å². The molecule has 0 saturated heterocycles. The van der Waals surface area contributed by atoms with Crippen LogP contribution in [0.2, 0.25) is 0 Å². The van der Waals surface area contributed by atoms with Gasteiger partial charge in [0.05, 0.1) is 0 Å². The summed E-state index contributed by atoms with van der Waals surface area (Å²) in [5.41, 5.74) is 0.882. The van der Waals surface area contributed by atoms with Crippen molar-refractivity contribution in [2.45, 2.75) is 19.8 Å². The van der Waals surface area contributed by atoms with E-state index in [1.807, 2.05) is 13.0 Å². The third-order valence-corrected chi connectivity index (χ3v) is 1.31. The minimum Gasteiger partial charge on any atom is -0.298 e. The van der Waals surface area contributed by atoms with E-state index >= 15 is 0 Å². The Morgan fingerprint density at radius 2 is 2.25 bits per heavy atom. The van der Waals surface area contributed by atoms with E-state index < -0.39 is 0 Å². The van der Waals surface area contributed by atoms with Gasteiger partial charge in [0.2, 0.25) is 0 Å². The maximum atomic E-state index is 10.00. The Morgan fingerprint density at radius 1 is 1.62 bits per heavy atom. The molecule has 0 aromatic carbocycles. The van der Waals surface area contributed by atoms with E-state index in [0.29, 0.717) is 0 Å². The summed E-state index contributed by atoms with van der Waals surface area (Å²) in [6, 6.07) is 0. The van der Waals surface area contributed by atoms with E-state index in [-0.39, 0.29) is 0 Å². The molecule has 0 amide bonds. The van der Waals surface area contributed by atoms with E-state index in [4.69, 9.17) is 0 Å². The predicted molar refractivity (Wildman–Crippen MR) is 32.5 cm³/mol. The van der Waals surface area contributed by atoms with Crippen LogP contribution in [0.15, 0.2) is 11.6 Å². The lowest BCUT2D eigenvalue weighted by atomic mass is 10.2. The molecule has 0 spiro atoms. The first kappa shape index (κ1) is 5.54. The van der Waals surface area contributed by atoms with Gasteiger partial charge in [0, 0.05) is 0 Å². The van der Waals surface area contributed by atoms with Crippen molar-refractivity contribution in [2.24, 2.45) is 5.92 Å².